The molecule has 0 spiro atoms. The summed E-state index contributed by atoms with van der Waals surface area (Å²) in [6.45, 7) is 10.1. The van der Waals surface area contributed by atoms with Crippen molar-refractivity contribution in [1.82, 2.24) is 14.7 Å². The van der Waals surface area contributed by atoms with Crippen LogP contribution in [0.3, 0.4) is 0 Å². The fraction of sp³-hybridized carbons (Fsp3) is 1.00. The molecule has 0 saturated carbocycles. The average molecular weight is 225 g/mol. The zero-order chi connectivity index (χ0) is 11.5. The molecular formula is C13H27N3. The van der Waals surface area contributed by atoms with Crippen LogP contribution in [0.15, 0.2) is 0 Å². The third-order valence-corrected chi connectivity index (χ3v) is 4.56. The van der Waals surface area contributed by atoms with Crippen molar-refractivity contribution in [2.75, 3.05) is 53.4 Å². The minimum absolute atomic E-state index is 0.794. The molecule has 94 valence electrons. The minimum atomic E-state index is 0.794. The fourth-order valence-electron chi connectivity index (χ4n) is 3.04. The number of hydrogen-bond donors (Lipinski definition) is 0. The van der Waals surface area contributed by atoms with Gasteiger partial charge in [0.25, 0.3) is 0 Å². The van der Waals surface area contributed by atoms with Crippen LogP contribution in [0.25, 0.3) is 0 Å². The van der Waals surface area contributed by atoms with E-state index in [9.17, 15) is 0 Å². The molecule has 2 aliphatic rings. The summed E-state index contributed by atoms with van der Waals surface area (Å²) in [6, 6.07) is 0.794. The molecule has 0 N–H and O–H groups in total. The quantitative estimate of drug-likeness (QED) is 0.693. The number of hydrogen-bond acceptors (Lipinski definition) is 3. The molecule has 2 rings (SSSR count). The molecule has 0 aromatic heterocycles. The van der Waals surface area contributed by atoms with Crippen molar-refractivity contribution in [1.29, 1.82) is 0 Å². The summed E-state index contributed by atoms with van der Waals surface area (Å²) in [6.07, 6.45) is 2.79. The first kappa shape index (κ1) is 12.3. The Labute approximate surface area is 100 Å². The van der Waals surface area contributed by atoms with Gasteiger partial charge in [0.05, 0.1) is 0 Å². The third-order valence-electron chi connectivity index (χ3n) is 4.56. The van der Waals surface area contributed by atoms with Crippen molar-refractivity contribution in [3.63, 3.8) is 0 Å². The normalized spacial score (nSPS) is 29.4. The van der Waals surface area contributed by atoms with E-state index in [2.05, 4.69) is 35.7 Å². The van der Waals surface area contributed by atoms with E-state index in [-0.39, 0.29) is 0 Å². The van der Waals surface area contributed by atoms with Crippen molar-refractivity contribution in [3.05, 3.63) is 0 Å². The van der Waals surface area contributed by atoms with Crippen LogP contribution < -0.4 is 0 Å². The van der Waals surface area contributed by atoms with Gasteiger partial charge in [-0.25, -0.2) is 0 Å². The van der Waals surface area contributed by atoms with Crippen LogP contribution in [0.4, 0.5) is 0 Å². The molecule has 0 amide bonds. The van der Waals surface area contributed by atoms with Crippen molar-refractivity contribution in [2.45, 2.75) is 25.8 Å². The Morgan fingerprint density at radius 3 is 1.88 bits per heavy atom. The standard InChI is InChI=1S/C13H27N3/c1-12(13-4-6-14(2)7-5-13)16-10-8-15(3)9-11-16/h12-13H,4-11H2,1-3H3/t12-/m0/s1. The summed E-state index contributed by atoms with van der Waals surface area (Å²) < 4.78 is 0. The molecule has 1 atom stereocenters. The first-order valence-corrected chi connectivity index (χ1v) is 6.78. The molecule has 0 aromatic carbocycles. The van der Waals surface area contributed by atoms with Crippen LogP contribution in [0, 0.1) is 5.92 Å². The Balaban J connectivity index is 1.80. The maximum Gasteiger partial charge on any atom is 0.0113 e. The molecule has 2 fully saturated rings. The Hall–Kier alpha value is -0.120. The first-order chi connectivity index (χ1) is 7.66. The van der Waals surface area contributed by atoms with Gasteiger partial charge in [0.1, 0.15) is 0 Å². The summed E-state index contributed by atoms with van der Waals surface area (Å²) in [4.78, 5) is 7.61. The van der Waals surface area contributed by atoms with Gasteiger partial charge >= 0.3 is 0 Å². The number of likely N-dealkylation sites (N-methyl/N-ethyl adjacent to an activating group) is 1. The monoisotopic (exact) mass is 225 g/mol. The Morgan fingerprint density at radius 2 is 1.31 bits per heavy atom. The van der Waals surface area contributed by atoms with Crippen LogP contribution in [0.1, 0.15) is 19.8 Å². The first-order valence-electron chi connectivity index (χ1n) is 6.78. The summed E-state index contributed by atoms with van der Waals surface area (Å²) in [5, 5.41) is 0. The Bertz CT molecular complexity index is 181. The Kier molecular flexibility index (Phi) is 4.22. The molecule has 2 heterocycles. The second kappa shape index (κ2) is 5.48. The van der Waals surface area contributed by atoms with Gasteiger partial charge in [-0.05, 0) is 52.9 Å². The summed E-state index contributed by atoms with van der Waals surface area (Å²) in [5.41, 5.74) is 0. The number of nitrogens with zero attached hydrogens (tertiary/aromatic N) is 3. The van der Waals surface area contributed by atoms with E-state index in [1.807, 2.05) is 0 Å². The third kappa shape index (κ3) is 2.96. The van der Waals surface area contributed by atoms with Gasteiger partial charge in [0.15, 0.2) is 0 Å². The van der Waals surface area contributed by atoms with Gasteiger partial charge in [-0.2, -0.15) is 0 Å². The SMILES string of the molecule is C[C@@H](C1CCN(C)CC1)N1CCN(C)CC1. The lowest BCUT2D eigenvalue weighted by Crippen LogP contribution is -2.51. The van der Waals surface area contributed by atoms with Crippen molar-refractivity contribution in [3.8, 4) is 0 Å². The highest BCUT2D eigenvalue weighted by atomic mass is 15.3. The summed E-state index contributed by atoms with van der Waals surface area (Å²) in [7, 11) is 4.48. The van der Waals surface area contributed by atoms with Gasteiger partial charge in [0, 0.05) is 32.2 Å². The molecule has 0 aromatic rings. The summed E-state index contributed by atoms with van der Waals surface area (Å²) >= 11 is 0. The number of piperazine rings is 1. The van der Waals surface area contributed by atoms with E-state index >= 15 is 0 Å². The van der Waals surface area contributed by atoms with Crippen LogP contribution in [0.5, 0.6) is 0 Å². The van der Waals surface area contributed by atoms with Crippen LogP contribution in [-0.2, 0) is 0 Å². The maximum atomic E-state index is 2.70. The fourth-order valence-corrected chi connectivity index (χ4v) is 3.04. The molecule has 3 nitrogen and oxygen atoms in total. The van der Waals surface area contributed by atoms with Crippen molar-refractivity contribution >= 4 is 0 Å². The Morgan fingerprint density at radius 1 is 0.812 bits per heavy atom. The maximum absolute atomic E-state index is 2.70. The number of rotatable bonds is 2. The second-order valence-electron chi connectivity index (χ2n) is 5.72. The molecule has 0 aliphatic carbocycles. The van der Waals surface area contributed by atoms with Crippen LogP contribution >= 0.6 is 0 Å². The van der Waals surface area contributed by atoms with E-state index in [1.54, 1.807) is 0 Å². The second-order valence-corrected chi connectivity index (χ2v) is 5.72. The van der Waals surface area contributed by atoms with Gasteiger partial charge in [-0.1, -0.05) is 0 Å². The molecule has 0 radical (unpaired) electrons. The van der Waals surface area contributed by atoms with Gasteiger partial charge in [0.2, 0.25) is 0 Å². The van der Waals surface area contributed by atoms with Crippen molar-refractivity contribution < 1.29 is 0 Å². The predicted molar refractivity (Wildman–Crippen MR) is 68.8 cm³/mol. The van der Waals surface area contributed by atoms with E-state index < -0.39 is 0 Å². The summed E-state index contributed by atoms with van der Waals surface area (Å²) in [5.74, 6) is 0.930. The van der Waals surface area contributed by atoms with Gasteiger partial charge < -0.3 is 9.80 Å². The highest BCUT2D eigenvalue weighted by molar-refractivity contribution is 4.83. The van der Waals surface area contributed by atoms with E-state index in [0.717, 1.165) is 12.0 Å². The van der Waals surface area contributed by atoms with Crippen molar-refractivity contribution in [2.24, 2.45) is 5.92 Å². The molecule has 3 heteroatoms. The van der Waals surface area contributed by atoms with Gasteiger partial charge in [-0.15, -0.1) is 0 Å². The minimum Gasteiger partial charge on any atom is -0.306 e. The van der Waals surface area contributed by atoms with Crippen LogP contribution in [0.2, 0.25) is 0 Å². The molecule has 2 aliphatic heterocycles. The van der Waals surface area contributed by atoms with Crippen LogP contribution in [-0.4, -0.2) is 74.1 Å². The molecule has 0 unspecified atom stereocenters. The zero-order valence-electron chi connectivity index (χ0n) is 11.2. The number of piperidine rings is 1. The lowest BCUT2D eigenvalue weighted by atomic mass is 9.89. The van der Waals surface area contributed by atoms with Gasteiger partial charge in [-0.3, -0.25) is 4.90 Å². The zero-order valence-corrected chi connectivity index (χ0v) is 11.2. The molecule has 2 saturated heterocycles. The lowest BCUT2D eigenvalue weighted by Gasteiger charge is -2.42. The smallest absolute Gasteiger partial charge is 0.0113 e. The molecule has 16 heavy (non-hydrogen) atoms. The molecular weight excluding hydrogens is 198 g/mol. The largest absolute Gasteiger partial charge is 0.306 e. The number of likely N-dealkylation sites (tertiary alicyclic amines) is 1. The van der Waals surface area contributed by atoms with E-state index in [4.69, 9.17) is 0 Å². The highest BCUT2D eigenvalue weighted by Gasteiger charge is 2.27. The predicted octanol–water partition coefficient (Wildman–Crippen LogP) is 0.964. The van der Waals surface area contributed by atoms with E-state index in [1.165, 1.54) is 52.1 Å². The molecule has 0 bridgehead atoms. The lowest BCUT2D eigenvalue weighted by molar-refractivity contribution is 0.0659. The topological polar surface area (TPSA) is 9.72 Å². The highest BCUT2D eigenvalue weighted by Crippen LogP contribution is 2.23. The van der Waals surface area contributed by atoms with E-state index in [0.29, 0.717) is 0 Å². The average Bonchev–Trinajstić information content (AvgIpc) is 2.30.